The summed E-state index contributed by atoms with van der Waals surface area (Å²) in [6, 6.07) is 6.60. The molecular formula is C11H10N2O3. The molecule has 5 nitrogen and oxygen atoms in total. The Morgan fingerprint density at radius 1 is 1.44 bits per heavy atom. The first kappa shape index (κ1) is 10.5. The van der Waals surface area contributed by atoms with Gasteiger partial charge in [-0.05, 0) is 11.6 Å². The van der Waals surface area contributed by atoms with Gasteiger partial charge in [-0.2, -0.15) is 5.11 Å². The van der Waals surface area contributed by atoms with Crippen LogP contribution in [0.1, 0.15) is 28.4 Å². The molecule has 1 aliphatic rings. The average Bonchev–Trinajstić information content (AvgIpc) is 2.33. The zero-order chi connectivity index (χ0) is 11.5. The van der Waals surface area contributed by atoms with Crippen molar-refractivity contribution in [3.63, 3.8) is 0 Å². The molecule has 1 unspecified atom stereocenters. The molecule has 2 rings (SSSR count). The zero-order valence-electron chi connectivity index (χ0n) is 8.71. The maximum atomic E-state index is 11.4. The number of azo groups is 1. The highest BCUT2D eigenvalue weighted by Gasteiger charge is 2.25. The van der Waals surface area contributed by atoms with Crippen LogP contribution >= 0.6 is 0 Å². The molecule has 1 atom stereocenters. The van der Waals surface area contributed by atoms with Crippen molar-refractivity contribution in [3.8, 4) is 0 Å². The van der Waals surface area contributed by atoms with Crippen molar-refractivity contribution in [1.82, 2.24) is 0 Å². The Balaban J connectivity index is 2.32. The van der Waals surface area contributed by atoms with Crippen molar-refractivity contribution >= 4 is 11.9 Å². The first-order valence-electron chi connectivity index (χ1n) is 4.83. The second kappa shape index (κ2) is 4.22. The molecular weight excluding hydrogens is 208 g/mol. The molecule has 0 bridgehead atoms. The molecule has 1 aliphatic heterocycles. The van der Waals surface area contributed by atoms with E-state index in [0.717, 1.165) is 5.56 Å². The fraction of sp³-hybridized carbons (Fsp3) is 0.273. The van der Waals surface area contributed by atoms with Crippen LogP contribution in [0.15, 0.2) is 34.5 Å². The van der Waals surface area contributed by atoms with Gasteiger partial charge in [0.05, 0.1) is 13.5 Å². The van der Waals surface area contributed by atoms with E-state index in [1.165, 1.54) is 7.11 Å². The molecule has 0 aromatic heterocycles. The van der Waals surface area contributed by atoms with Gasteiger partial charge in [0.15, 0.2) is 0 Å². The van der Waals surface area contributed by atoms with Gasteiger partial charge in [-0.15, -0.1) is 5.11 Å². The van der Waals surface area contributed by atoms with Gasteiger partial charge in [-0.25, -0.2) is 0 Å². The van der Waals surface area contributed by atoms with E-state index in [2.05, 4.69) is 15.0 Å². The highest BCUT2D eigenvalue weighted by molar-refractivity contribution is 5.97. The average molecular weight is 218 g/mol. The summed E-state index contributed by atoms with van der Waals surface area (Å²) < 4.78 is 4.57. The van der Waals surface area contributed by atoms with Crippen LogP contribution in [0.4, 0.5) is 0 Å². The third-order valence-corrected chi connectivity index (χ3v) is 2.43. The van der Waals surface area contributed by atoms with Gasteiger partial charge in [0, 0.05) is 5.56 Å². The summed E-state index contributed by atoms with van der Waals surface area (Å²) in [5.74, 6) is -0.732. The summed E-state index contributed by atoms with van der Waals surface area (Å²) >= 11 is 0. The Labute approximate surface area is 92.1 Å². The van der Waals surface area contributed by atoms with Crippen molar-refractivity contribution in [2.45, 2.75) is 12.5 Å². The fourth-order valence-electron chi connectivity index (χ4n) is 1.61. The van der Waals surface area contributed by atoms with Crippen molar-refractivity contribution in [1.29, 1.82) is 0 Å². The summed E-state index contributed by atoms with van der Waals surface area (Å²) in [5, 5.41) is 7.33. The summed E-state index contributed by atoms with van der Waals surface area (Å²) in [6.07, 6.45) is 0.101. The first-order chi connectivity index (χ1) is 7.72. The third-order valence-electron chi connectivity index (χ3n) is 2.43. The lowest BCUT2D eigenvalue weighted by atomic mass is 9.97. The first-order valence-corrected chi connectivity index (χ1v) is 4.83. The Kier molecular flexibility index (Phi) is 2.76. The minimum atomic E-state index is -0.415. The molecule has 1 aromatic carbocycles. The zero-order valence-corrected chi connectivity index (χ0v) is 8.71. The molecule has 0 radical (unpaired) electrons. The molecule has 0 spiro atoms. The maximum absolute atomic E-state index is 11.4. The van der Waals surface area contributed by atoms with Crippen LogP contribution < -0.4 is 0 Å². The largest absolute Gasteiger partial charge is 0.469 e. The Morgan fingerprint density at radius 3 is 2.94 bits per heavy atom. The van der Waals surface area contributed by atoms with Crippen LogP contribution in [0.2, 0.25) is 0 Å². The molecule has 0 saturated heterocycles. The van der Waals surface area contributed by atoms with E-state index in [9.17, 15) is 9.59 Å². The van der Waals surface area contributed by atoms with Crippen molar-refractivity contribution < 1.29 is 14.3 Å². The number of amides is 1. The van der Waals surface area contributed by atoms with Crippen LogP contribution in [0.3, 0.4) is 0 Å². The minimum Gasteiger partial charge on any atom is -0.469 e. The van der Waals surface area contributed by atoms with E-state index < -0.39 is 6.04 Å². The smallest absolute Gasteiger partial charge is 0.308 e. The molecule has 82 valence electrons. The number of esters is 1. The van der Waals surface area contributed by atoms with Crippen molar-refractivity contribution in [3.05, 3.63) is 35.4 Å². The van der Waals surface area contributed by atoms with Gasteiger partial charge < -0.3 is 4.74 Å². The quantitative estimate of drug-likeness (QED) is 0.712. The molecule has 0 N–H and O–H groups in total. The monoisotopic (exact) mass is 218 g/mol. The maximum Gasteiger partial charge on any atom is 0.308 e. The molecule has 0 fully saturated rings. The van der Waals surface area contributed by atoms with E-state index in [1.807, 2.05) is 0 Å². The number of fused-ring (bicyclic) bond motifs is 1. The van der Waals surface area contributed by atoms with Gasteiger partial charge in [0.2, 0.25) is 0 Å². The van der Waals surface area contributed by atoms with Gasteiger partial charge >= 0.3 is 5.97 Å². The number of rotatable bonds is 2. The number of ether oxygens (including phenoxy) is 1. The van der Waals surface area contributed by atoms with Gasteiger partial charge in [-0.1, -0.05) is 18.2 Å². The Bertz CT molecular complexity index is 468. The molecule has 0 aliphatic carbocycles. The van der Waals surface area contributed by atoms with Crippen LogP contribution in [-0.4, -0.2) is 19.0 Å². The summed E-state index contributed by atoms with van der Waals surface area (Å²) in [6.45, 7) is 0. The molecule has 1 heterocycles. The molecule has 0 saturated carbocycles. The summed E-state index contributed by atoms with van der Waals surface area (Å²) in [7, 11) is 1.32. The third kappa shape index (κ3) is 1.84. The fourth-order valence-corrected chi connectivity index (χ4v) is 1.61. The van der Waals surface area contributed by atoms with Crippen molar-refractivity contribution in [2.24, 2.45) is 10.2 Å². The van der Waals surface area contributed by atoms with Crippen LogP contribution in [0.25, 0.3) is 0 Å². The second-order valence-electron chi connectivity index (χ2n) is 3.40. The van der Waals surface area contributed by atoms with E-state index in [4.69, 9.17) is 0 Å². The number of hydrogen-bond donors (Lipinski definition) is 0. The van der Waals surface area contributed by atoms with E-state index in [0.29, 0.717) is 5.56 Å². The Hall–Kier alpha value is -2.04. The SMILES string of the molecule is COC(=O)CC1N=NC(=O)c2ccccc21. The van der Waals surface area contributed by atoms with E-state index >= 15 is 0 Å². The number of methoxy groups -OCH3 is 1. The summed E-state index contributed by atoms with van der Waals surface area (Å²) in [4.78, 5) is 22.6. The van der Waals surface area contributed by atoms with Gasteiger partial charge in [-0.3, -0.25) is 9.59 Å². The standard InChI is InChI=1S/C11H10N2O3/c1-16-10(14)6-9-7-4-2-3-5-8(7)11(15)13-12-9/h2-5,9H,6H2,1H3. The Morgan fingerprint density at radius 2 is 2.19 bits per heavy atom. The lowest BCUT2D eigenvalue weighted by Crippen LogP contribution is -2.14. The van der Waals surface area contributed by atoms with Crippen LogP contribution in [0.5, 0.6) is 0 Å². The highest BCUT2D eigenvalue weighted by Crippen LogP contribution is 2.29. The van der Waals surface area contributed by atoms with Crippen LogP contribution in [0, 0.1) is 0 Å². The number of nitrogens with zero attached hydrogens (tertiary/aromatic N) is 2. The number of benzene rings is 1. The molecule has 16 heavy (non-hydrogen) atoms. The van der Waals surface area contributed by atoms with Crippen molar-refractivity contribution in [2.75, 3.05) is 7.11 Å². The van der Waals surface area contributed by atoms with Gasteiger partial charge in [0.1, 0.15) is 6.04 Å². The topological polar surface area (TPSA) is 68.1 Å². The molecule has 1 amide bonds. The predicted molar refractivity (Wildman–Crippen MR) is 55.0 cm³/mol. The number of hydrogen-bond acceptors (Lipinski definition) is 4. The summed E-state index contributed by atoms with van der Waals surface area (Å²) in [5.41, 5.74) is 1.24. The number of carbonyl (C=O) groups excluding carboxylic acids is 2. The molecule has 1 aromatic rings. The minimum absolute atomic E-state index is 0.101. The normalized spacial score (nSPS) is 18.1. The van der Waals surface area contributed by atoms with Gasteiger partial charge in [0.25, 0.3) is 5.91 Å². The van der Waals surface area contributed by atoms with Crippen LogP contribution in [-0.2, 0) is 9.53 Å². The number of carbonyl (C=O) groups is 2. The molecule has 5 heteroatoms. The lowest BCUT2D eigenvalue weighted by Gasteiger charge is -2.16. The second-order valence-corrected chi connectivity index (χ2v) is 3.40. The van der Waals surface area contributed by atoms with E-state index in [1.54, 1.807) is 24.3 Å². The lowest BCUT2D eigenvalue weighted by molar-refractivity contribution is -0.141. The van der Waals surface area contributed by atoms with E-state index in [-0.39, 0.29) is 18.3 Å². The highest BCUT2D eigenvalue weighted by atomic mass is 16.5. The predicted octanol–water partition coefficient (Wildman–Crippen LogP) is 1.90.